The van der Waals surface area contributed by atoms with Crippen LogP contribution in [-0.4, -0.2) is 54.7 Å². The maximum Gasteiger partial charge on any atom is 0.116 e. The average Bonchev–Trinajstić information content (AvgIpc) is 3.74. The van der Waals surface area contributed by atoms with Crippen molar-refractivity contribution in [1.82, 2.24) is 35.0 Å². The van der Waals surface area contributed by atoms with Crippen molar-refractivity contribution in [3.8, 4) is 22.6 Å². The molecule has 6 rings (SSSR count). The first kappa shape index (κ1) is 24.9. The summed E-state index contributed by atoms with van der Waals surface area (Å²) in [5.41, 5.74) is 8.89. The Hall–Kier alpha value is -4.36. The van der Waals surface area contributed by atoms with Gasteiger partial charge in [-0.25, -0.2) is 0 Å². The van der Waals surface area contributed by atoms with Crippen molar-refractivity contribution in [2.45, 2.75) is 32.6 Å². The lowest BCUT2D eigenvalue weighted by Gasteiger charge is -2.14. The summed E-state index contributed by atoms with van der Waals surface area (Å²) in [5, 5.41) is 9.89. The van der Waals surface area contributed by atoms with Crippen LogP contribution in [0.1, 0.15) is 38.3 Å². The van der Waals surface area contributed by atoms with Gasteiger partial charge in [-0.2, -0.15) is 5.10 Å². The Morgan fingerprint density at radius 2 is 1.82 bits per heavy atom. The second kappa shape index (κ2) is 11.2. The van der Waals surface area contributed by atoms with Crippen LogP contribution in [0, 0.1) is 0 Å². The van der Waals surface area contributed by atoms with Gasteiger partial charge in [0.2, 0.25) is 0 Å². The van der Waals surface area contributed by atoms with Gasteiger partial charge in [-0.1, -0.05) is 18.7 Å². The predicted molar refractivity (Wildman–Crippen MR) is 159 cm³/mol. The highest BCUT2D eigenvalue weighted by Crippen LogP contribution is 2.33. The summed E-state index contributed by atoms with van der Waals surface area (Å²) in [6.45, 7) is 9.77. The number of hydrogen-bond acceptors (Lipinski definition) is 5. The van der Waals surface area contributed by atoms with Gasteiger partial charge in [0.05, 0.1) is 28.8 Å². The third-order valence-electron chi connectivity index (χ3n) is 7.55. The molecule has 0 atom stereocenters. The molecule has 0 radical (unpaired) electrons. The van der Waals surface area contributed by atoms with E-state index in [1.54, 1.807) is 12.4 Å². The molecule has 1 aliphatic rings. The maximum absolute atomic E-state index is 4.76. The van der Waals surface area contributed by atoms with Crippen molar-refractivity contribution in [2.75, 3.05) is 19.6 Å². The molecule has 6 heterocycles. The number of rotatable bonds is 9. The van der Waals surface area contributed by atoms with Crippen LogP contribution in [0.3, 0.4) is 0 Å². The fourth-order valence-corrected chi connectivity index (χ4v) is 5.45. The van der Waals surface area contributed by atoms with Gasteiger partial charge in [0, 0.05) is 40.4 Å². The first-order valence-corrected chi connectivity index (χ1v) is 13.7. The van der Waals surface area contributed by atoms with Gasteiger partial charge in [-0.15, -0.1) is 0 Å². The molecular weight excluding hydrogens is 482 g/mol. The topological polar surface area (TPSA) is 86.4 Å². The Kier molecular flexibility index (Phi) is 7.15. The zero-order valence-electron chi connectivity index (χ0n) is 22.3. The lowest BCUT2D eigenvalue weighted by Crippen LogP contribution is -2.20. The largest absolute Gasteiger partial charge is 0.353 e. The average molecular weight is 516 g/mol. The minimum Gasteiger partial charge on any atom is -0.353 e. The van der Waals surface area contributed by atoms with Crippen molar-refractivity contribution in [1.29, 1.82) is 0 Å². The quantitative estimate of drug-likeness (QED) is 0.207. The summed E-state index contributed by atoms with van der Waals surface area (Å²) in [5.74, 6) is 0. The van der Waals surface area contributed by atoms with E-state index < -0.39 is 0 Å². The lowest BCUT2D eigenvalue weighted by atomic mass is 10.0. The molecular formula is C32H33N7. The number of aromatic nitrogens is 6. The van der Waals surface area contributed by atoms with E-state index in [0.29, 0.717) is 0 Å². The first-order valence-electron chi connectivity index (χ1n) is 13.7. The van der Waals surface area contributed by atoms with Crippen LogP contribution < -0.4 is 0 Å². The van der Waals surface area contributed by atoms with Gasteiger partial charge in [-0.05, 0) is 99.8 Å². The number of likely N-dealkylation sites (tertiary alicyclic amines) is 1. The number of fused-ring (bicyclic) bond motifs is 2. The van der Waals surface area contributed by atoms with E-state index in [1.165, 1.54) is 31.5 Å². The molecule has 2 N–H and O–H groups in total. The molecule has 0 aromatic carbocycles. The molecule has 0 aliphatic carbocycles. The van der Waals surface area contributed by atoms with Crippen molar-refractivity contribution in [3.63, 3.8) is 0 Å². The summed E-state index contributed by atoms with van der Waals surface area (Å²) in [4.78, 5) is 19.7. The summed E-state index contributed by atoms with van der Waals surface area (Å²) in [6.07, 6.45) is 18.4. The number of allylic oxidation sites excluding steroid dienone is 5. The van der Waals surface area contributed by atoms with Crippen molar-refractivity contribution < 1.29 is 0 Å². The monoisotopic (exact) mass is 515 g/mol. The first-order chi connectivity index (χ1) is 19.2. The van der Waals surface area contributed by atoms with E-state index >= 15 is 0 Å². The SMILES string of the molecule is C=C/C(=C\C(=C/C)c1cc2c(-c3cc4c(-c5ccncc5)nccc4[nH]3)n[nH]c2cn1)CCCN1CCCC1. The van der Waals surface area contributed by atoms with Crippen LogP contribution >= 0.6 is 0 Å². The molecule has 0 amide bonds. The summed E-state index contributed by atoms with van der Waals surface area (Å²) in [6, 6.07) is 10.2. The number of H-pyrrole nitrogens is 2. The molecule has 1 aliphatic heterocycles. The van der Waals surface area contributed by atoms with Gasteiger partial charge < -0.3 is 9.88 Å². The molecule has 5 aromatic heterocycles. The molecule has 0 spiro atoms. The number of aromatic amines is 2. The fraction of sp³-hybridized carbons (Fsp3) is 0.250. The standard InChI is InChI=1S/C32H33N7/c1-3-22(8-7-17-39-15-5-6-16-39)18-23(4-2)28-19-26-30(21-35-28)37-38-32(26)29-20-25-27(36-29)11-14-34-31(25)24-9-12-33-13-10-24/h3-4,9-14,18-21,36H,1,5-8,15-17H2,2H3,(H,37,38)/b22-18+,23-4+. The van der Waals surface area contributed by atoms with E-state index in [1.807, 2.05) is 36.7 Å². The van der Waals surface area contributed by atoms with Crippen LogP contribution in [0.5, 0.6) is 0 Å². The molecule has 1 fully saturated rings. The van der Waals surface area contributed by atoms with Gasteiger partial charge in [-0.3, -0.25) is 20.1 Å². The van der Waals surface area contributed by atoms with E-state index in [0.717, 1.165) is 75.1 Å². The Bertz CT molecular complexity index is 1670. The normalized spacial score (nSPS) is 15.0. The second-order valence-electron chi connectivity index (χ2n) is 10.0. The molecule has 196 valence electrons. The minimum absolute atomic E-state index is 0.861. The summed E-state index contributed by atoms with van der Waals surface area (Å²) in [7, 11) is 0. The highest BCUT2D eigenvalue weighted by atomic mass is 15.1. The second-order valence-corrected chi connectivity index (χ2v) is 10.0. The zero-order chi connectivity index (χ0) is 26.6. The Labute approximate surface area is 228 Å². The van der Waals surface area contributed by atoms with E-state index in [2.05, 4.69) is 67.8 Å². The lowest BCUT2D eigenvalue weighted by molar-refractivity contribution is 0.334. The van der Waals surface area contributed by atoms with Gasteiger partial charge in [0.25, 0.3) is 0 Å². The van der Waals surface area contributed by atoms with E-state index in [9.17, 15) is 0 Å². The van der Waals surface area contributed by atoms with Crippen LogP contribution in [0.2, 0.25) is 0 Å². The Morgan fingerprint density at radius 1 is 1.00 bits per heavy atom. The van der Waals surface area contributed by atoms with Crippen LogP contribution in [-0.2, 0) is 0 Å². The zero-order valence-corrected chi connectivity index (χ0v) is 22.3. The fourth-order valence-electron chi connectivity index (χ4n) is 5.45. The predicted octanol–water partition coefficient (Wildman–Crippen LogP) is 6.95. The van der Waals surface area contributed by atoms with Crippen molar-refractivity contribution >= 4 is 27.4 Å². The van der Waals surface area contributed by atoms with Gasteiger partial charge >= 0.3 is 0 Å². The Morgan fingerprint density at radius 3 is 2.62 bits per heavy atom. The summed E-state index contributed by atoms with van der Waals surface area (Å²) >= 11 is 0. The maximum atomic E-state index is 4.76. The molecule has 5 aromatic rings. The molecule has 0 bridgehead atoms. The molecule has 7 heteroatoms. The van der Waals surface area contributed by atoms with Crippen molar-refractivity contribution in [3.05, 3.63) is 91.2 Å². The van der Waals surface area contributed by atoms with Crippen LogP contribution in [0.4, 0.5) is 0 Å². The highest BCUT2D eigenvalue weighted by Gasteiger charge is 2.16. The Balaban J connectivity index is 1.30. The third kappa shape index (κ3) is 5.18. The van der Waals surface area contributed by atoms with E-state index in [4.69, 9.17) is 4.98 Å². The number of pyridine rings is 3. The number of hydrogen-bond donors (Lipinski definition) is 2. The molecule has 39 heavy (non-hydrogen) atoms. The van der Waals surface area contributed by atoms with Crippen LogP contribution in [0.25, 0.3) is 50.0 Å². The summed E-state index contributed by atoms with van der Waals surface area (Å²) < 4.78 is 0. The molecule has 0 saturated carbocycles. The highest BCUT2D eigenvalue weighted by molar-refractivity contribution is 6.00. The number of nitrogens with zero attached hydrogens (tertiary/aromatic N) is 5. The molecule has 0 unspecified atom stereocenters. The van der Waals surface area contributed by atoms with Gasteiger partial charge in [0.15, 0.2) is 0 Å². The van der Waals surface area contributed by atoms with Crippen LogP contribution in [0.15, 0.2) is 85.5 Å². The molecule has 7 nitrogen and oxygen atoms in total. The minimum atomic E-state index is 0.861. The van der Waals surface area contributed by atoms with E-state index in [-0.39, 0.29) is 0 Å². The number of nitrogens with one attached hydrogen (secondary N) is 2. The smallest absolute Gasteiger partial charge is 0.116 e. The molecule has 1 saturated heterocycles. The van der Waals surface area contributed by atoms with Crippen molar-refractivity contribution in [2.24, 2.45) is 0 Å². The third-order valence-corrected chi connectivity index (χ3v) is 7.55. The van der Waals surface area contributed by atoms with Gasteiger partial charge in [0.1, 0.15) is 5.69 Å².